The maximum atomic E-state index is 14.1. The standard InChI is InChI=1S/C25H30F4N2O/c1-12-13(2)15(4)24(5,14(12)3)25(32)30-22(16-6-18(26)10-19(27)7-16)23(31-25)17-8-20(28)11-21(29)9-17/h6-15,22-23,30-32H,1-5H3/t12?,13?,14?,15?,22-,23-,24?/m1/s1. The van der Waals surface area contributed by atoms with E-state index in [2.05, 4.69) is 38.3 Å². The van der Waals surface area contributed by atoms with Crippen LogP contribution in [0.4, 0.5) is 17.6 Å². The predicted molar refractivity (Wildman–Crippen MR) is 114 cm³/mol. The smallest absolute Gasteiger partial charge is 0.179 e. The molecule has 1 saturated carbocycles. The van der Waals surface area contributed by atoms with Crippen LogP contribution in [0.5, 0.6) is 0 Å². The molecule has 2 fully saturated rings. The fraction of sp³-hybridized carbons (Fsp3) is 0.520. The van der Waals surface area contributed by atoms with Crippen LogP contribution in [-0.4, -0.2) is 11.0 Å². The van der Waals surface area contributed by atoms with Gasteiger partial charge in [-0.3, -0.25) is 10.6 Å². The molecular formula is C25H30F4N2O. The Labute approximate surface area is 186 Å². The maximum absolute atomic E-state index is 14.1. The van der Waals surface area contributed by atoms with Gasteiger partial charge < -0.3 is 5.11 Å². The quantitative estimate of drug-likeness (QED) is 0.547. The van der Waals surface area contributed by atoms with Crippen LogP contribution in [-0.2, 0) is 0 Å². The lowest BCUT2D eigenvalue weighted by atomic mass is 9.69. The van der Waals surface area contributed by atoms with Crippen molar-refractivity contribution in [1.29, 1.82) is 0 Å². The van der Waals surface area contributed by atoms with E-state index in [9.17, 15) is 22.7 Å². The van der Waals surface area contributed by atoms with E-state index in [4.69, 9.17) is 0 Å². The molecule has 1 aliphatic carbocycles. The molecule has 6 atom stereocenters. The number of aliphatic hydroxyl groups is 1. The summed E-state index contributed by atoms with van der Waals surface area (Å²) in [6, 6.07) is 4.57. The van der Waals surface area contributed by atoms with Gasteiger partial charge in [0.1, 0.15) is 23.3 Å². The third kappa shape index (κ3) is 3.45. The summed E-state index contributed by atoms with van der Waals surface area (Å²) in [6.45, 7) is 10.4. The summed E-state index contributed by atoms with van der Waals surface area (Å²) in [4.78, 5) is 0. The topological polar surface area (TPSA) is 44.3 Å². The van der Waals surface area contributed by atoms with Gasteiger partial charge in [0.05, 0.1) is 12.1 Å². The van der Waals surface area contributed by atoms with E-state index in [0.29, 0.717) is 11.8 Å². The van der Waals surface area contributed by atoms with Gasteiger partial charge in [-0.25, -0.2) is 17.6 Å². The molecule has 4 rings (SSSR count). The largest absolute Gasteiger partial charge is 0.362 e. The molecule has 1 heterocycles. The SMILES string of the molecule is CC1C(C)C(C)C(C)(C2(O)N[C@H](c3cc(F)cc(F)c3)[C@@H](c3cc(F)cc(F)c3)N2)C1C. The first-order valence-electron chi connectivity index (χ1n) is 11.1. The highest BCUT2D eigenvalue weighted by molar-refractivity contribution is 5.33. The summed E-state index contributed by atoms with van der Waals surface area (Å²) >= 11 is 0. The van der Waals surface area contributed by atoms with Crippen LogP contribution in [0.2, 0.25) is 0 Å². The van der Waals surface area contributed by atoms with Crippen molar-refractivity contribution in [1.82, 2.24) is 10.6 Å². The molecular weight excluding hydrogens is 420 g/mol. The van der Waals surface area contributed by atoms with E-state index in [1.807, 2.05) is 6.92 Å². The lowest BCUT2D eigenvalue weighted by Gasteiger charge is -2.47. The molecule has 2 aliphatic rings. The highest BCUT2D eigenvalue weighted by Gasteiger charge is 2.64. The van der Waals surface area contributed by atoms with Crippen LogP contribution in [0.15, 0.2) is 36.4 Å². The third-order valence-electron chi connectivity index (χ3n) is 8.63. The molecule has 0 aromatic heterocycles. The maximum Gasteiger partial charge on any atom is 0.179 e. The second kappa shape index (κ2) is 7.82. The Morgan fingerprint density at radius 3 is 1.28 bits per heavy atom. The average molecular weight is 451 g/mol. The first-order chi connectivity index (χ1) is 14.9. The summed E-state index contributed by atoms with van der Waals surface area (Å²) in [7, 11) is 0. The first-order valence-corrected chi connectivity index (χ1v) is 11.1. The molecule has 0 spiro atoms. The summed E-state index contributed by atoms with van der Waals surface area (Å²) in [5.74, 6) is -3.90. The van der Waals surface area contributed by atoms with E-state index in [1.165, 1.54) is 24.3 Å². The van der Waals surface area contributed by atoms with Gasteiger partial charge in [0.15, 0.2) is 5.85 Å². The van der Waals surface area contributed by atoms with Crippen LogP contribution in [0.3, 0.4) is 0 Å². The molecule has 32 heavy (non-hydrogen) atoms. The molecule has 2 aromatic rings. The van der Waals surface area contributed by atoms with Crippen molar-refractivity contribution in [2.75, 3.05) is 0 Å². The Morgan fingerprint density at radius 1 is 0.656 bits per heavy atom. The number of halogens is 4. The van der Waals surface area contributed by atoms with Gasteiger partial charge in [0.25, 0.3) is 0 Å². The highest BCUT2D eigenvalue weighted by Crippen LogP contribution is 2.60. The zero-order valence-electron chi connectivity index (χ0n) is 18.9. The number of hydrogen-bond acceptors (Lipinski definition) is 3. The fourth-order valence-corrected chi connectivity index (χ4v) is 6.11. The summed E-state index contributed by atoms with van der Waals surface area (Å²) in [5.41, 5.74) is -0.191. The number of nitrogens with one attached hydrogen (secondary N) is 2. The Morgan fingerprint density at radius 2 is 0.969 bits per heavy atom. The molecule has 0 bridgehead atoms. The number of benzene rings is 2. The molecule has 3 nitrogen and oxygen atoms in total. The van der Waals surface area contributed by atoms with Crippen LogP contribution >= 0.6 is 0 Å². The number of rotatable bonds is 3. The molecule has 3 N–H and O–H groups in total. The van der Waals surface area contributed by atoms with Crippen molar-refractivity contribution in [3.63, 3.8) is 0 Å². The minimum Gasteiger partial charge on any atom is -0.362 e. The van der Waals surface area contributed by atoms with Crippen LogP contribution in [0, 0.1) is 52.4 Å². The Bertz CT molecular complexity index is 915. The van der Waals surface area contributed by atoms with Crippen molar-refractivity contribution >= 4 is 0 Å². The minimum absolute atomic E-state index is 0.0883. The second-order valence-electron chi connectivity index (χ2n) is 9.94. The van der Waals surface area contributed by atoms with Crippen molar-refractivity contribution in [2.45, 2.75) is 52.6 Å². The van der Waals surface area contributed by atoms with Crippen molar-refractivity contribution in [2.24, 2.45) is 29.1 Å². The molecule has 0 radical (unpaired) electrons. The van der Waals surface area contributed by atoms with Gasteiger partial charge in [-0.2, -0.15) is 0 Å². The molecule has 4 unspecified atom stereocenters. The van der Waals surface area contributed by atoms with E-state index >= 15 is 0 Å². The zero-order valence-corrected chi connectivity index (χ0v) is 18.9. The van der Waals surface area contributed by atoms with Gasteiger partial charge in [0, 0.05) is 17.5 Å². The number of hydrogen-bond donors (Lipinski definition) is 3. The molecule has 2 aromatic carbocycles. The summed E-state index contributed by atoms with van der Waals surface area (Å²) in [6.07, 6.45) is 0. The predicted octanol–water partition coefficient (Wildman–Crippen LogP) is 5.43. The van der Waals surface area contributed by atoms with Crippen molar-refractivity contribution in [3.05, 3.63) is 70.8 Å². The van der Waals surface area contributed by atoms with Crippen molar-refractivity contribution in [3.8, 4) is 0 Å². The zero-order chi connectivity index (χ0) is 23.6. The first kappa shape index (κ1) is 23.2. The minimum atomic E-state index is -1.65. The van der Waals surface area contributed by atoms with Gasteiger partial charge in [0.2, 0.25) is 0 Å². The molecule has 174 valence electrons. The van der Waals surface area contributed by atoms with Gasteiger partial charge in [-0.15, -0.1) is 0 Å². The lowest BCUT2D eigenvalue weighted by molar-refractivity contribution is -0.149. The molecule has 1 saturated heterocycles. The molecule has 0 amide bonds. The van der Waals surface area contributed by atoms with E-state index in [1.54, 1.807) is 0 Å². The Kier molecular flexibility index (Phi) is 5.67. The van der Waals surface area contributed by atoms with Crippen LogP contribution in [0.25, 0.3) is 0 Å². The average Bonchev–Trinajstić information content (AvgIpc) is 3.14. The highest BCUT2D eigenvalue weighted by atomic mass is 19.1. The molecule has 1 aliphatic heterocycles. The third-order valence-corrected chi connectivity index (χ3v) is 8.63. The fourth-order valence-electron chi connectivity index (χ4n) is 6.11. The lowest BCUT2D eigenvalue weighted by Crippen LogP contribution is -2.64. The second-order valence-corrected chi connectivity index (χ2v) is 9.94. The van der Waals surface area contributed by atoms with Crippen LogP contribution in [0.1, 0.15) is 57.8 Å². The summed E-state index contributed by atoms with van der Waals surface area (Å²) < 4.78 is 56.3. The van der Waals surface area contributed by atoms with E-state index in [0.717, 1.165) is 12.1 Å². The van der Waals surface area contributed by atoms with E-state index < -0.39 is 46.6 Å². The van der Waals surface area contributed by atoms with Crippen LogP contribution < -0.4 is 10.6 Å². The van der Waals surface area contributed by atoms with Gasteiger partial charge in [-0.1, -0.05) is 34.6 Å². The summed E-state index contributed by atoms with van der Waals surface area (Å²) in [5, 5.41) is 18.3. The van der Waals surface area contributed by atoms with Gasteiger partial charge >= 0.3 is 0 Å². The normalized spacial score (nSPS) is 36.6. The Hall–Kier alpha value is -1.96. The van der Waals surface area contributed by atoms with Gasteiger partial charge in [-0.05, 0) is 59.1 Å². The monoisotopic (exact) mass is 450 g/mol. The molecule has 7 heteroatoms. The van der Waals surface area contributed by atoms with E-state index in [-0.39, 0.29) is 23.0 Å². The van der Waals surface area contributed by atoms with Crippen molar-refractivity contribution < 1.29 is 22.7 Å². The Balaban J connectivity index is 1.84.